The average Bonchev–Trinajstić information content (AvgIpc) is 3.97. The molecule has 13 rings (SSSR count). The van der Waals surface area contributed by atoms with Crippen LogP contribution in [-0.4, -0.2) is 4.57 Å². The van der Waals surface area contributed by atoms with Crippen molar-refractivity contribution < 1.29 is 4.42 Å². The van der Waals surface area contributed by atoms with Crippen molar-refractivity contribution in [2.75, 3.05) is 4.90 Å². The number of nitrogens with zero attached hydrogens (tertiary/aromatic N) is 2. The van der Waals surface area contributed by atoms with Crippen LogP contribution in [0.4, 0.5) is 17.1 Å². The summed E-state index contributed by atoms with van der Waals surface area (Å²) in [7, 11) is 0. The SMILES string of the molecule is c1ccc(-c2cccc(N(c3ccc(-c4ccc(-c5cccc(-n6c7ccccc7c7ccccc76)c5)cc4)cc3)c3ccc(-c4ccccc4-c4ccc5c(c4)oc4ccccc45)cc3)c2)cc1. The van der Waals surface area contributed by atoms with Gasteiger partial charge in [0.25, 0.3) is 0 Å². The molecule has 0 saturated carbocycles. The standard InChI is InChI=1S/C66H44N2O/c1-2-14-45(15-3-1)50-16-12-18-55(42-50)67(54-39-34-49(35-40-54)57-20-4-5-21-58(57)52-36-41-62-61-24-8-11-27-65(61)69-66(62)44-52)53-37-32-47(33-38-53)46-28-30-48(31-29-46)51-17-13-19-56(43-51)68-63-25-9-6-22-59(63)60-23-7-10-26-64(60)68/h1-44H. The van der Waals surface area contributed by atoms with Crippen LogP contribution in [0, 0.1) is 0 Å². The molecule has 2 heterocycles. The molecule has 0 aliphatic rings. The first-order chi connectivity index (χ1) is 34.2. The van der Waals surface area contributed by atoms with Crippen molar-refractivity contribution in [2.45, 2.75) is 0 Å². The van der Waals surface area contributed by atoms with Crippen molar-refractivity contribution in [3.05, 3.63) is 267 Å². The summed E-state index contributed by atoms with van der Waals surface area (Å²) in [6, 6.07) is 96.0. The summed E-state index contributed by atoms with van der Waals surface area (Å²) in [5, 5.41) is 4.80. The predicted octanol–water partition coefficient (Wildman–Crippen LogP) is 18.5. The van der Waals surface area contributed by atoms with Crippen molar-refractivity contribution in [3.63, 3.8) is 0 Å². The third-order valence-corrected chi connectivity index (χ3v) is 13.6. The topological polar surface area (TPSA) is 21.3 Å². The fourth-order valence-electron chi connectivity index (χ4n) is 10.3. The van der Waals surface area contributed by atoms with Gasteiger partial charge in [-0.05, 0) is 134 Å². The highest BCUT2D eigenvalue weighted by atomic mass is 16.3. The van der Waals surface area contributed by atoms with Crippen molar-refractivity contribution >= 4 is 60.8 Å². The van der Waals surface area contributed by atoms with E-state index in [2.05, 4.69) is 264 Å². The molecular weight excluding hydrogens is 837 g/mol. The van der Waals surface area contributed by atoms with E-state index in [9.17, 15) is 0 Å². The zero-order valence-electron chi connectivity index (χ0n) is 37.7. The molecule has 0 atom stereocenters. The van der Waals surface area contributed by atoms with E-state index in [1.165, 1.54) is 55.2 Å². The van der Waals surface area contributed by atoms with Gasteiger partial charge in [-0.15, -0.1) is 0 Å². The summed E-state index contributed by atoms with van der Waals surface area (Å²) in [5.41, 5.74) is 20.3. The van der Waals surface area contributed by atoms with Crippen molar-refractivity contribution in [1.82, 2.24) is 4.57 Å². The van der Waals surface area contributed by atoms with E-state index in [1.54, 1.807) is 0 Å². The largest absolute Gasteiger partial charge is 0.456 e. The maximum Gasteiger partial charge on any atom is 0.136 e. The molecule has 2 aromatic heterocycles. The molecule has 11 aromatic carbocycles. The lowest BCUT2D eigenvalue weighted by atomic mass is 9.94. The minimum atomic E-state index is 0.896. The van der Waals surface area contributed by atoms with E-state index in [4.69, 9.17) is 4.42 Å². The second-order valence-corrected chi connectivity index (χ2v) is 17.7. The van der Waals surface area contributed by atoms with E-state index >= 15 is 0 Å². The summed E-state index contributed by atoms with van der Waals surface area (Å²) in [4.78, 5) is 2.36. The molecule has 324 valence electrons. The molecule has 3 nitrogen and oxygen atoms in total. The molecule has 0 bridgehead atoms. The maximum absolute atomic E-state index is 6.30. The van der Waals surface area contributed by atoms with Crippen molar-refractivity contribution in [2.24, 2.45) is 0 Å². The van der Waals surface area contributed by atoms with Crippen LogP contribution >= 0.6 is 0 Å². The summed E-state index contributed by atoms with van der Waals surface area (Å²) in [6.45, 7) is 0. The first-order valence-electron chi connectivity index (χ1n) is 23.6. The molecule has 0 amide bonds. The van der Waals surface area contributed by atoms with Crippen LogP contribution < -0.4 is 4.90 Å². The molecule has 0 spiro atoms. The third-order valence-electron chi connectivity index (χ3n) is 13.6. The van der Waals surface area contributed by atoms with Crippen LogP contribution in [0.2, 0.25) is 0 Å². The second kappa shape index (κ2) is 16.9. The van der Waals surface area contributed by atoms with E-state index in [0.29, 0.717) is 0 Å². The predicted molar refractivity (Wildman–Crippen MR) is 290 cm³/mol. The number of hydrogen-bond acceptors (Lipinski definition) is 2. The zero-order chi connectivity index (χ0) is 45.7. The number of hydrogen-bond donors (Lipinski definition) is 0. The number of furan rings is 1. The number of benzene rings is 11. The Balaban J connectivity index is 0.822. The van der Waals surface area contributed by atoms with Gasteiger partial charge in [0, 0.05) is 44.3 Å². The molecular formula is C66H44N2O. The van der Waals surface area contributed by atoms with E-state index in [1.807, 2.05) is 12.1 Å². The molecule has 3 heteroatoms. The first kappa shape index (κ1) is 40.1. The molecule has 0 saturated heterocycles. The molecule has 69 heavy (non-hydrogen) atoms. The van der Waals surface area contributed by atoms with Gasteiger partial charge in [0.2, 0.25) is 0 Å². The van der Waals surface area contributed by atoms with Crippen molar-refractivity contribution in [3.8, 4) is 61.3 Å². The highest BCUT2D eigenvalue weighted by Gasteiger charge is 2.17. The fraction of sp³-hybridized carbons (Fsp3) is 0. The normalized spacial score (nSPS) is 11.5. The molecule has 0 N–H and O–H groups in total. The first-order valence-corrected chi connectivity index (χ1v) is 23.6. The quantitative estimate of drug-likeness (QED) is 0.144. The monoisotopic (exact) mass is 880 g/mol. The van der Waals surface area contributed by atoms with Gasteiger partial charge >= 0.3 is 0 Å². The van der Waals surface area contributed by atoms with Gasteiger partial charge in [0.1, 0.15) is 11.2 Å². The lowest BCUT2D eigenvalue weighted by Gasteiger charge is -2.26. The Bertz CT molecular complexity index is 3940. The lowest BCUT2D eigenvalue weighted by Crippen LogP contribution is -2.10. The molecule has 0 radical (unpaired) electrons. The van der Waals surface area contributed by atoms with Crippen LogP contribution in [-0.2, 0) is 0 Å². The Morgan fingerprint density at radius 1 is 0.261 bits per heavy atom. The van der Waals surface area contributed by atoms with Crippen LogP contribution in [0.5, 0.6) is 0 Å². The maximum atomic E-state index is 6.30. The van der Waals surface area contributed by atoms with E-state index in [-0.39, 0.29) is 0 Å². The minimum absolute atomic E-state index is 0.896. The van der Waals surface area contributed by atoms with Gasteiger partial charge in [-0.3, -0.25) is 0 Å². The molecule has 0 fully saturated rings. The van der Waals surface area contributed by atoms with Gasteiger partial charge in [-0.1, -0.05) is 188 Å². The fourth-order valence-corrected chi connectivity index (χ4v) is 10.3. The van der Waals surface area contributed by atoms with Crippen LogP contribution in [0.1, 0.15) is 0 Å². The highest BCUT2D eigenvalue weighted by Crippen LogP contribution is 2.41. The molecule has 0 unspecified atom stereocenters. The van der Waals surface area contributed by atoms with Crippen LogP contribution in [0.3, 0.4) is 0 Å². The summed E-state index contributed by atoms with van der Waals surface area (Å²) >= 11 is 0. The number of anilines is 3. The Morgan fingerprint density at radius 2 is 0.725 bits per heavy atom. The zero-order valence-corrected chi connectivity index (χ0v) is 37.7. The molecule has 13 aromatic rings. The Morgan fingerprint density at radius 3 is 1.41 bits per heavy atom. The summed E-state index contributed by atoms with van der Waals surface area (Å²) in [5.74, 6) is 0. The summed E-state index contributed by atoms with van der Waals surface area (Å²) < 4.78 is 8.68. The van der Waals surface area contributed by atoms with Gasteiger partial charge in [0.15, 0.2) is 0 Å². The van der Waals surface area contributed by atoms with Gasteiger partial charge in [-0.2, -0.15) is 0 Å². The Hall–Kier alpha value is -9.18. The third kappa shape index (κ3) is 7.25. The minimum Gasteiger partial charge on any atom is -0.456 e. The summed E-state index contributed by atoms with van der Waals surface area (Å²) in [6.07, 6.45) is 0. The highest BCUT2D eigenvalue weighted by molar-refractivity contribution is 6.09. The molecule has 0 aliphatic heterocycles. The van der Waals surface area contributed by atoms with Crippen LogP contribution in [0.25, 0.3) is 105 Å². The van der Waals surface area contributed by atoms with Crippen LogP contribution in [0.15, 0.2) is 271 Å². The van der Waals surface area contributed by atoms with E-state index in [0.717, 1.165) is 66.9 Å². The molecule has 0 aliphatic carbocycles. The van der Waals surface area contributed by atoms with Gasteiger partial charge in [0.05, 0.1) is 11.0 Å². The average molecular weight is 881 g/mol. The van der Waals surface area contributed by atoms with Gasteiger partial charge < -0.3 is 13.9 Å². The van der Waals surface area contributed by atoms with Crippen molar-refractivity contribution in [1.29, 1.82) is 0 Å². The number of fused-ring (bicyclic) bond motifs is 6. The van der Waals surface area contributed by atoms with Gasteiger partial charge in [-0.25, -0.2) is 0 Å². The number of rotatable bonds is 9. The number of aromatic nitrogens is 1. The second-order valence-electron chi connectivity index (χ2n) is 17.7. The smallest absolute Gasteiger partial charge is 0.136 e. The number of para-hydroxylation sites is 3. The Kier molecular flexibility index (Phi) is 9.84. The van der Waals surface area contributed by atoms with E-state index < -0.39 is 0 Å². The lowest BCUT2D eigenvalue weighted by molar-refractivity contribution is 0.669. The Labute approximate surface area is 401 Å².